The first kappa shape index (κ1) is 9.08. The van der Waals surface area contributed by atoms with Crippen LogP contribution in [-0.4, -0.2) is 50.6 Å². The standard InChI is InChI=1S/C8H13NO4/c10-6-1-2-9-5-8(12,13)4-7(9,11)3-6/h11-13H,1-5H2. The molecule has 2 fully saturated rings. The first-order chi connectivity index (χ1) is 5.91. The predicted octanol–water partition coefficient (Wildman–Crippen LogP) is -1.58. The number of ketones is 1. The van der Waals surface area contributed by atoms with Crippen LogP contribution in [0, 0.1) is 0 Å². The lowest BCUT2D eigenvalue weighted by atomic mass is 9.96. The van der Waals surface area contributed by atoms with E-state index in [1.54, 1.807) is 4.90 Å². The van der Waals surface area contributed by atoms with Crippen molar-refractivity contribution in [2.45, 2.75) is 30.8 Å². The molecule has 2 saturated heterocycles. The van der Waals surface area contributed by atoms with Crippen LogP contribution in [0.2, 0.25) is 0 Å². The molecule has 5 nitrogen and oxygen atoms in total. The molecule has 1 atom stereocenters. The second-order valence-electron chi connectivity index (χ2n) is 4.03. The summed E-state index contributed by atoms with van der Waals surface area (Å²) in [5, 5.41) is 28.5. The van der Waals surface area contributed by atoms with E-state index in [2.05, 4.69) is 0 Å². The third kappa shape index (κ3) is 1.48. The van der Waals surface area contributed by atoms with E-state index in [9.17, 15) is 20.1 Å². The van der Waals surface area contributed by atoms with Crippen LogP contribution in [0.4, 0.5) is 0 Å². The molecular weight excluding hydrogens is 174 g/mol. The van der Waals surface area contributed by atoms with Gasteiger partial charge in [-0.25, -0.2) is 0 Å². The van der Waals surface area contributed by atoms with Gasteiger partial charge < -0.3 is 15.3 Å². The summed E-state index contributed by atoms with van der Waals surface area (Å²) in [6, 6.07) is 0. The number of carbonyl (C=O) groups is 1. The molecule has 1 unspecified atom stereocenters. The zero-order valence-electron chi connectivity index (χ0n) is 7.23. The Morgan fingerprint density at radius 1 is 1.31 bits per heavy atom. The maximum atomic E-state index is 11.1. The summed E-state index contributed by atoms with van der Waals surface area (Å²) in [7, 11) is 0. The summed E-state index contributed by atoms with van der Waals surface area (Å²) >= 11 is 0. The van der Waals surface area contributed by atoms with Crippen LogP contribution in [0.15, 0.2) is 0 Å². The van der Waals surface area contributed by atoms with Gasteiger partial charge in [0.15, 0.2) is 5.79 Å². The fourth-order valence-corrected chi connectivity index (χ4v) is 2.20. The van der Waals surface area contributed by atoms with Crippen molar-refractivity contribution in [3.63, 3.8) is 0 Å². The summed E-state index contributed by atoms with van der Waals surface area (Å²) in [6.07, 6.45) is 0.236. The lowest BCUT2D eigenvalue weighted by Crippen LogP contribution is -2.49. The van der Waals surface area contributed by atoms with Crippen molar-refractivity contribution in [1.82, 2.24) is 4.90 Å². The summed E-state index contributed by atoms with van der Waals surface area (Å²) in [4.78, 5) is 12.6. The zero-order chi connectivity index (χ0) is 9.69. The van der Waals surface area contributed by atoms with Crippen molar-refractivity contribution in [2.24, 2.45) is 0 Å². The molecule has 2 aliphatic rings. The van der Waals surface area contributed by atoms with Gasteiger partial charge in [-0.2, -0.15) is 0 Å². The third-order valence-electron chi connectivity index (χ3n) is 2.74. The van der Waals surface area contributed by atoms with Crippen LogP contribution in [0.25, 0.3) is 0 Å². The Morgan fingerprint density at radius 3 is 2.69 bits per heavy atom. The smallest absolute Gasteiger partial charge is 0.179 e. The summed E-state index contributed by atoms with van der Waals surface area (Å²) in [5.74, 6) is -1.87. The molecule has 0 aromatic heterocycles. The molecule has 5 heteroatoms. The molecule has 3 N–H and O–H groups in total. The number of nitrogens with zero attached hydrogens (tertiary/aromatic N) is 1. The number of Topliss-reactive ketones (excluding diaryl/α,β-unsaturated/α-hetero) is 1. The van der Waals surface area contributed by atoms with Gasteiger partial charge in [-0.05, 0) is 0 Å². The normalized spacial score (nSPS) is 39.2. The highest BCUT2D eigenvalue weighted by Gasteiger charge is 2.53. The van der Waals surface area contributed by atoms with Gasteiger partial charge in [0, 0.05) is 25.8 Å². The fourth-order valence-electron chi connectivity index (χ4n) is 2.20. The Bertz CT molecular complexity index is 253. The molecule has 2 aliphatic heterocycles. The van der Waals surface area contributed by atoms with Gasteiger partial charge in [0.05, 0.1) is 6.54 Å². The lowest BCUT2D eigenvalue weighted by Gasteiger charge is -2.35. The van der Waals surface area contributed by atoms with E-state index in [1.807, 2.05) is 0 Å². The Kier molecular flexibility index (Phi) is 1.75. The van der Waals surface area contributed by atoms with E-state index >= 15 is 0 Å². The van der Waals surface area contributed by atoms with Gasteiger partial charge in [0.25, 0.3) is 0 Å². The van der Waals surface area contributed by atoms with Crippen LogP contribution >= 0.6 is 0 Å². The van der Waals surface area contributed by atoms with Crippen LogP contribution < -0.4 is 0 Å². The largest absolute Gasteiger partial charge is 0.375 e. The lowest BCUT2D eigenvalue weighted by molar-refractivity contribution is -0.160. The van der Waals surface area contributed by atoms with Crippen LogP contribution in [-0.2, 0) is 4.79 Å². The topological polar surface area (TPSA) is 81.0 Å². The van der Waals surface area contributed by atoms with E-state index in [4.69, 9.17) is 0 Å². The number of hydrogen-bond acceptors (Lipinski definition) is 5. The fraction of sp³-hybridized carbons (Fsp3) is 0.875. The van der Waals surface area contributed by atoms with Gasteiger partial charge in [-0.3, -0.25) is 9.69 Å². The number of hydrogen-bond donors (Lipinski definition) is 3. The quantitative estimate of drug-likeness (QED) is 0.399. The Morgan fingerprint density at radius 2 is 2.00 bits per heavy atom. The highest BCUT2D eigenvalue weighted by molar-refractivity contribution is 5.80. The molecule has 13 heavy (non-hydrogen) atoms. The average Bonchev–Trinajstić information content (AvgIpc) is 2.16. The minimum atomic E-state index is -1.85. The number of fused-ring (bicyclic) bond motifs is 1. The number of rotatable bonds is 0. The summed E-state index contributed by atoms with van der Waals surface area (Å²) < 4.78 is 0. The van der Waals surface area contributed by atoms with E-state index in [0.29, 0.717) is 13.0 Å². The molecular formula is C8H13NO4. The van der Waals surface area contributed by atoms with Gasteiger partial charge in [-0.15, -0.1) is 0 Å². The van der Waals surface area contributed by atoms with Crippen molar-refractivity contribution in [3.8, 4) is 0 Å². The van der Waals surface area contributed by atoms with Crippen LogP contribution in [0.5, 0.6) is 0 Å². The summed E-state index contributed by atoms with van der Waals surface area (Å²) in [5.41, 5.74) is -1.32. The van der Waals surface area contributed by atoms with Gasteiger partial charge in [-0.1, -0.05) is 0 Å². The van der Waals surface area contributed by atoms with Gasteiger partial charge in [0.2, 0.25) is 0 Å². The first-order valence-electron chi connectivity index (χ1n) is 4.35. The Labute approximate surface area is 75.6 Å². The van der Waals surface area contributed by atoms with E-state index < -0.39 is 11.5 Å². The number of carbonyl (C=O) groups excluding carboxylic acids is 1. The zero-order valence-corrected chi connectivity index (χ0v) is 7.23. The minimum absolute atomic E-state index is 0.00979. The molecule has 0 bridgehead atoms. The molecule has 0 aromatic rings. The molecule has 2 rings (SSSR count). The van der Waals surface area contributed by atoms with Gasteiger partial charge in [0.1, 0.15) is 11.5 Å². The maximum absolute atomic E-state index is 11.1. The molecule has 0 amide bonds. The second-order valence-corrected chi connectivity index (χ2v) is 4.03. The van der Waals surface area contributed by atoms with Crippen molar-refractivity contribution >= 4 is 5.78 Å². The molecule has 0 aromatic carbocycles. The third-order valence-corrected chi connectivity index (χ3v) is 2.74. The van der Waals surface area contributed by atoms with E-state index in [0.717, 1.165) is 0 Å². The van der Waals surface area contributed by atoms with E-state index in [-0.39, 0.29) is 25.2 Å². The second kappa shape index (κ2) is 2.51. The number of aliphatic hydroxyl groups is 3. The average molecular weight is 187 g/mol. The van der Waals surface area contributed by atoms with E-state index in [1.165, 1.54) is 0 Å². The first-order valence-corrected chi connectivity index (χ1v) is 4.35. The predicted molar refractivity (Wildman–Crippen MR) is 42.5 cm³/mol. The Balaban J connectivity index is 2.21. The van der Waals surface area contributed by atoms with Crippen molar-refractivity contribution < 1.29 is 20.1 Å². The molecule has 0 aliphatic carbocycles. The van der Waals surface area contributed by atoms with Crippen LogP contribution in [0.1, 0.15) is 19.3 Å². The van der Waals surface area contributed by atoms with Crippen LogP contribution in [0.3, 0.4) is 0 Å². The van der Waals surface area contributed by atoms with Gasteiger partial charge >= 0.3 is 0 Å². The summed E-state index contributed by atoms with van der Waals surface area (Å²) in [6.45, 7) is 0.439. The van der Waals surface area contributed by atoms with Crippen molar-refractivity contribution in [2.75, 3.05) is 13.1 Å². The molecule has 2 heterocycles. The number of piperidine rings is 1. The monoisotopic (exact) mass is 187 g/mol. The molecule has 0 saturated carbocycles. The molecule has 74 valence electrons. The maximum Gasteiger partial charge on any atom is 0.179 e. The minimum Gasteiger partial charge on any atom is -0.375 e. The van der Waals surface area contributed by atoms with Crippen molar-refractivity contribution in [1.29, 1.82) is 0 Å². The molecule has 0 spiro atoms. The molecule has 0 radical (unpaired) electrons. The highest BCUT2D eigenvalue weighted by Crippen LogP contribution is 2.37. The van der Waals surface area contributed by atoms with Crippen molar-refractivity contribution in [3.05, 3.63) is 0 Å². The Hall–Kier alpha value is -0.490. The highest BCUT2D eigenvalue weighted by atomic mass is 16.5. The SMILES string of the molecule is O=C1CCN2CC(O)(O)CC2(O)C1.